The number of thiophene rings is 1. The molecule has 7 heteroatoms. The van der Waals surface area contributed by atoms with Crippen LogP contribution in [-0.4, -0.2) is 16.8 Å². The van der Waals surface area contributed by atoms with Gasteiger partial charge in [-0.05, 0) is 38.5 Å². The normalized spacial score (nSPS) is 15.7. The molecule has 0 saturated carbocycles. The Morgan fingerprint density at radius 2 is 1.93 bits per heavy atom. The van der Waals surface area contributed by atoms with Gasteiger partial charge in [-0.15, -0.1) is 11.3 Å². The number of carbonyl (C=O) groups is 1. The van der Waals surface area contributed by atoms with Gasteiger partial charge in [0.1, 0.15) is 6.04 Å². The molecule has 4 rings (SSSR count). The molecule has 138 valence electrons. The van der Waals surface area contributed by atoms with Crippen molar-refractivity contribution >= 4 is 34.6 Å². The van der Waals surface area contributed by atoms with E-state index < -0.39 is 11.9 Å². The van der Waals surface area contributed by atoms with Gasteiger partial charge >= 0.3 is 0 Å². The summed E-state index contributed by atoms with van der Waals surface area (Å²) in [6, 6.07) is 7.05. The smallest absolute Gasteiger partial charge is 0.220 e. The highest BCUT2D eigenvalue weighted by atomic mass is 35.5. The third-order valence-electron chi connectivity index (χ3n) is 4.84. The van der Waals surface area contributed by atoms with E-state index in [9.17, 15) is 4.79 Å². The van der Waals surface area contributed by atoms with E-state index in [1.807, 2.05) is 31.2 Å². The van der Waals surface area contributed by atoms with Crippen LogP contribution in [0.2, 0.25) is 5.02 Å². The van der Waals surface area contributed by atoms with Gasteiger partial charge in [0.2, 0.25) is 5.91 Å². The van der Waals surface area contributed by atoms with Crippen LogP contribution in [0.15, 0.2) is 33.8 Å². The summed E-state index contributed by atoms with van der Waals surface area (Å²) in [4.78, 5) is 18.9. The molecule has 1 aromatic carbocycles. The lowest BCUT2D eigenvalue weighted by molar-refractivity contribution is -0.118. The van der Waals surface area contributed by atoms with Crippen LogP contribution in [0.4, 0.5) is 0 Å². The second-order valence-corrected chi connectivity index (χ2v) is 8.33. The van der Waals surface area contributed by atoms with Crippen LogP contribution in [0.1, 0.15) is 45.5 Å². The summed E-state index contributed by atoms with van der Waals surface area (Å²) in [5.74, 6) is 0.162. The fourth-order valence-corrected chi connectivity index (χ4v) is 4.80. The molecule has 2 aromatic heterocycles. The number of fused-ring (bicyclic) bond motifs is 3. The van der Waals surface area contributed by atoms with Crippen LogP contribution in [0.25, 0.3) is 10.4 Å². The van der Waals surface area contributed by atoms with Gasteiger partial charge in [0.25, 0.3) is 0 Å². The van der Waals surface area contributed by atoms with Gasteiger partial charge in [0.05, 0.1) is 23.4 Å². The Morgan fingerprint density at radius 3 is 2.59 bits per heavy atom. The maximum Gasteiger partial charge on any atom is 0.220 e. The average molecular weight is 400 g/mol. The zero-order chi connectivity index (χ0) is 19.3. The lowest BCUT2D eigenvalue weighted by atomic mass is 9.96. The molecule has 0 radical (unpaired) electrons. The predicted molar refractivity (Wildman–Crippen MR) is 108 cm³/mol. The molecule has 5 nitrogen and oxygen atoms in total. The molecule has 1 aliphatic rings. The Kier molecular flexibility index (Phi) is 4.40. The van der Waals surface area contributed by atoms with Crippen molar-refractivity contribution in [3.63, 3.8) is 0 Å². The van der Waals surface area contributed by atoms with Gasteiger partial charge in [0, 0.05) is 25.9 Å². The summed E-state index contributed by atoms with van der Waals surface area (Å²) < 4.78 is 5.61. The van der Waals surface area contributed by atoms with Gasteiger partial charge in [-0.1, -0.05) is 28.9 Å². The number of aliphatic imine (C=N–C) groups is 1. The molecule has 2 N–H and O–H groups in total. The second kappa shape index (κ2) is 6.62. The number of halogens is 1. The van der Waals surface area contributed by atoms with Gasteiger partial charge < -0.3 is 10.3 Å². The minimum absolute atomic E-state index is 0.0612. The van der Waals surface area contributed by atoms with Crippen LogP contribution in [0, 0.1) is 20.8 Å². The van der Waals surface area contributed by atoms with Crippen molar-refractivity contribution in [3.05, 3.63) is 62.3 Å². The predicted octanol–water partition coefficient (Wildman–Crippen LogP) is 4.75. The van der Waals surface area contributed by atoms with E-state index in [2.05, 4.69) is 19.0 Å². The minimum Gasteiger partial charge on any atom is -0.370 e. The van der Waals surface area contributed by atoms with Crippen molar-refractivity contribution in [1.29, 1.82) is 0 Å². The van der Waals surface area contributed by atoms with Crippen LogP contribution >= 0.6 is 22.9 Å². The van der Waals surface area contributed by atoms with Gasteiger partial charge in [0.15, 0.2) is 5.76 Å². The van der Waals surface area contributed by atoms with Crippen LogP contribution < -0.4 is 5.73 Å². The van der Waals surface area contributed by atoms with Crippen molar-refractivity contribution in [2.45, 2.75) is 33.2 Å². The van der Waals surface area contributed by atoms with Crippen molar-refractivity contribution in [2.24, 2.45) is 10.7 Å². The standard InChI is InChI=1S/C20H18ClN3O2S/c1-9-11(3)27-20-16(9)18(12-4-6-13(21)7-5-12)23-14(8-15(22)25)19-17(20)10(2)24-26-19/h4-7,14H,8H2,1-3H3,(H2,22,25)/t14-/m1/s1. The fraction of sp³-hybridized carbons (Fsp3) is 0.250. The van der Waals surface area contributed by atoms with E-state index in [4.69, 9.17) is 26.9 Å². The Hall–Kier alpha value is -2.44. The maximum absolute atomic E-state index is 11.7. The Labute approximate surface area is 165 Å². The molecule has 0 unspecified atom stereocenters. The molecule has 0 fully saturated rings. The van der Waals surface area contributed by atoms with Gasteiger partial charge in [-0.25, -0.2) is 0 Å². The fourth-order valence-electron chi connectivity index (χ4n) is 3.41. The summed E-state index contributed by atoms with van der Waals surface area (Å²) in [5, 5.41) is 4.80. The number of rotatable bonds is 3. The number of benzene rings is 1. The number of amides is 1. The average Bonchev–Trinajstić information content (AvgIpc) is 3.08. The Bertz CT molecular complexity index is 1080. The highest BCUT2D eigenvalue weighted by molar-refractivity contribution is 7.16. The zero-order valence-corrected chi connectivity index (χ0v) is 16.7. The first-order chi connectivity index (χ1) is 12.9. The molecule has 0 saturated heterocycles. The topological polar surface area (TPSA) is 81.5 Å². The Balaban J connectivity index is 2.04. The van der Waals surface area contributed by atoms with E-state index in [0.29, 0.717) is 10.8 Å². The minimum atomic E-state index is -0.510. The molecule has 27 heavy (non-hydrogen) atoms. The van der Waals surface area contributed by atoms with E-state index in [1.165, 1.54) is 4.88 Å². The van der Waals surface area contributed by atoms with Crippen molar-refractivity contribution < 1.29 is 9.32 Å². The quantitative estimate of drug-likeness (QED) is 0.689. The molecule has 3 aromatic rings. The number of nitrogens with zero attached hydrogens (tertiary/aromatic N) is 2. The molecule has 0 bridgehead atoms. The Morgan fingerprint density at radius 1 is 1.22 bits per heavy atom. The first kappa shape index (κ1) is 17.9. The van der Waals surface area contributed by atoms with Crippen LogP contribution in [0.3, 0.4) is 0 Å². The number of hydrogen-bond donors (Lipinski definition) is 1. The highest BCUT2D eigenvalue weighted by Gasteiger charge is 2.33. The monoisotopic (exact) mass is 399 g/mol. The van der Waals surface area contributed by atoms with Crippen LogP contribution in [0.5, 0.6) is 0 Å². The molecular formula is C20H18ClN3O2S. The molecule has 1 amide bonds. The van der Waals surface area contributed by atoms with E-state index in [1.54, 1.807) is 11.3 Å². The third kappa shape index (κ3) is 2.99. The largest absolute Gasteiger partial charge is 0.370 e. The molecular weight excluding hydrogens is 382 g/mol. The zero-order valence-electron chi connectivity index (χ0n) is 15.2. The highest BCUT2D eigenvalue weighted by Crippen LogP contribution is 2.46. The number of aryl methyl sites for hydroxylation is 2. The number of nitrogens with two attached hydrogens (primary N) is 1. The summed E-state index contributed by atoms with van der Waals surface area (Å²) in [6.07, 6.45) is 0.0612. The number of primary amides is 1. The number of carbonyl (C=O) groups excluding carboxylic acids is 1. The first-order valence-electron chi connectivity index (χ1n) is 8.55. The molecule has 1 atom stereocenters. The maximum atomic E-state index is 11.7. The first-order valence-corrected chi connectivity index (χ1v) is 9.75. The lowest BCUT2D eigenvalue weighted by Gasteiger charge is -2.11. The third-order valence-corrected chi connectivity index (χ3v) is 6.31. The van der Waals surface area contributed by atoms with Gasteiger partial charge in [-0.2, -0.15) is 0 Å². The van der Waals surface area contributed by atoms with E-state index in [-0.39, 0.29) is 6.42 Å². The van der Waals surface area contributed by atoms with Crippen molar-refractivity contribution in [2.75, 3.05) is 0 Å². The lowest BCUT2D eigenvalue weighted by Crippen LogP contribution is -2.15. The second-order valence-electron chi connectivity index (χ2n) is 6.67. The molecule has 0 spiro atoms. The molecule has 1 aliphatic heterocycles. The summed E-state index contributed by atoms with van der Waals surface area (Å²) in [5.41, 5.74) is 11.2. The van der Waals surface area contributed by atoms with E-state index >= 15 is 0 Å². The van der Waals surface area contributed by atoms with Gasteiger partial charge in [-0.3, -0.25) is 9.79 Å². The van der Waals surface area contributed by atoms with E-state index in [0.717, 1.165) is 38.5 Å². The van der Waals surface area contributed by atoms with Crippen molar-refractivity contribution in [1.82, 2.24) is 5.16 Å². The number of hydrogen-bond acceptors (Lipinski definition) is 5. The van der Waals surface area contributed by atoms with Crippen LogP contribution in [-0.2, 0) is 4.79 Å². The summed E-state index contributed by atoms with van der Waals surface area (Å²) in [6.45, 7) is 6.09. The van der Waals surface area contributed by atoms with Crippen molar-refractivity contribution in [3.8, 4) is 10.4 Å². The molecule has 0 aliphatic carbocycles. The SMILES string of the molecule is Cc1noc2c1-c1sc(C)c(C)c1C(c1ccc(Cl)cc1)=N[C@@H]2CC(N)=O. The summed E-state index contributed by atoms with van der Waals surface area (Å²) >= 11 is 7.76. The number of aromatic nitrogens is 1. The molecule has 3 heterocycles. The summed E-state index contributed by atoms with van der Waals surface area (Å²) in [7, 11) is 0.